The number of carbonyl (C=O) groups excluding carboxylic acids is 1. The Kier molecular flexibility index (Phi) is 4.47. The maximum absolute atomic E-state index is 12.2. The molecule has 0 bridgehead atoms. The highest BCUT2D eigenvalue weighted by Crippen LogP contribution is 2.13. The molecule has 0 saturated heterocycles. The molecule has 0 aliphatic heterocycles. The van der Waals surface area contributed by atoms with Gasteiger partial charge < -0.3 is 11.1 Å². The van der Waals surface area contributed by atoms with Crippen molar-refractivity contribution in [1.29, 1.82) is 0 Å². The Morgan fingerprint density at radius 3 is 2.76 bits per heavy atom. The number of nitrogens with zero attached hydrogens (tertiary/aromatic N) is 3. The lowest BCUT2D eigenvalue weighted by Crippen LogP contribution is -2.26. The Balaban J connectivity index is 2.11. The minimum Gasteiger partial charge on any atom is -0.396 e. The smallest absolute Gasteiger partial charge is 0.272 e. The number of rotatable bonds is 4. The van der Waals surface area contributed by atoms with Gasteiger partial charge in [-0.3, -0.25) is 9.78 Å². The number of anilines is 1. The summed E-state index contributed by atoms with van der Waals surface area (Å²) < 4.78 is 0. The lowest BCUT2D eigenvalue weighted by Gasteiger charge is -2.09. The maximum atomic E-state index is 12.2. The number of carbonyl (C=O) groups is 1. The van der Waals surface area contributed by atoms with Crippen LogP contribution in [0.4, 0.5) is 5.69 Å². The zero-order valence-electron chi connectivity index (χ0n) is 12.4. The first-order valence-electron chi connectivity index (χ1n) is 6.80. The van der Waals surface area contributed by atoms with Crippen molar-refractivity contribution >= 4 is 11.6 Å². The van der Waals surface area contributed by atoms with Gasteiger partial charge in [-0.15, -0.1) is 0 Å². The summed E-state index contributed by atoms with van der Waals surface area (Å²) in [6.45, 7) is 6.16. The van der Waals surface area contributed by atoms with Gasteiger partial charge >= 0.3 is 0 Å². The van der Waals surface area contributed by atoms with Crippen LogP contribution in [-0.2, 0) is 6.54 Å². The van der Waals surface area contributed by atoms with Gasteiger partial charge in [0.05, 0.1) is 24.1 Å². The van der Waals surface area contributed by atoms with Gasteiger partial charge in [-0.1, -0.05) is 19.9 Å². The number of pyridine rings is 1. The van der Waals surface area contributed by atoms with Gasteiger partial charge in [0.1, 0.15) is 5.82 Å². The van der Waals surface area contributed by atoms with Gasteiger partial charge in [-0.05, 0) is 19.1 Å². The average molecular weight is 285 g/mol. The van der Waals surface area contributed by atoms with E-state index in [-0.39, 0.29) is 23.2 Å². The van der Waals surface area contributed by atoms with E-state index in [1.165, 1.54) is 6.20 Å². The van der Waals surface area contributed by atoms with E-state index in [4.69, 9.17) is 5.73 Å². The van der Waals surface area contributed by atoms with Crippen LogP contribution in [0.3, 0.4) is 0 Å². The third kappa shape index (κ3) is 3.75. The fraction of sp³-hybridized carbons (Fsp3) is 0.333. The lowest BCUT2D eigenvalue weighted by atomic mass is 10.2. The third-order valence-corrected chi connectivity index (χ3v) is 2.94. The van der Waals surface area contributed by atoms with Crippen LogP contribution in [0.25, 0.3) is 0 Å². The summed E-state index contributed by atoms with van der Waals surface area (Å²) in [6.07, 6.45) is 1.47. The van der Waals surface area contributed by atoms with Gasteiger partial charge in [0.2, 0.25) is 0 Å². The molecular formula is C15H19N5O. The van der Waals surface area contributed by atoms with Gasteiger partial charge in [0, 0.05) is 11.6 Å². The standard InChI is InChI=1S/C15H19N5O/c1-9(2)14-17-8-12(16)13(20-14)15(21)18-7-11-6-4-5-10(3)19-11/h4-6,8-9H,7,16H2,1-3H3,(H,18,21). The van der Waals surface area contributed by atoms with Crippen LogP contribution in [0.5, 0.6) is 0 Å². The summed E-state index contributed by atoms with van der Waals surface area (Å²) in [7, 11) is 0. The molecular weight excluding hydrogens is 266 g/mol. The number of nitrogens with two attached hydrogens (primary N) is 1. The van der Waals surface area contributed by atoms with Crippen LogP contribution in [0, 0.1) is 6.92 Å². The number of nitrogen functional groups attached to an aromatic ring is 1. The first-order chi connectivity index (χ1) is 9.97. The normalized spacial score (nSPS) is 10.7. The van der Waals surface area contributed by atoms with Crippen LogP contribution in [0.15, 0.2) is 24.4 Å². The summed E-state index contributed by atoms with van der Waals surface area (Å²) >= 11 is 0. The van der Waals surface area contributed by atoms with Gasteiger partial charge in [-0.2, -0.15) is 0 Å². The van der Waals surface area contributed by atoms with Crippen molar-refractivity contribution < 1.29 is 4.79 Å². The van der Waals surface area contributed by atoms with Crippen molar-refractivity contribution in [3.8, 4) is 0 Å². The highest BCUT2D eigenvalue weighted by Gasteiger charge is 2.14. The number of aromatic nitrogens is 3. The number of amides is 1. The molecule has 6 heteroatoms. The zero-order chi connectivity index (χ0) is 15.4. The summed E-state index contributed by atoms with van der Waals surface area (Å²) in [5.74, 6) is 0.415. The predicted molar refractivity (Wildman–Crippen MR) is 80.7 cm³/mol. The van der Waals surface area contributed by atoms with Crippen LogP contribution < -0.4 is 11.1 Å². The maximum Gasteiger partial charge on any atom is 0.272 e. The molecule has 2 aromatic heterocycles. The summed E-state index contributed by atoms with van der Waals surface area (Å²) in [4.78, 5) is 24.9. The first-order valence-corrected chi connectivity index (χ1v) is 6.80. The van der Waals surface area contributed by atoms with E-state index < -0.39 is 0 Å². The van der Waals surface area contributed by atoms with E-state index in [9.17, 15) is 4.79 Å². The average Bonchev–Trinajstić information content (AvgIpc) is 2.45. The molecule has 0 aromatic carbocycles. The van der Waals surface area contributed by atoms with E-state index >= 15 is 0 Å². The van der Waals surface area contributed by atoms with E-state index in [1.54, 1.807) is 0 Å². The van der Waals surface area contributed by atoms with Crippen LogP contribution in [0.2, 0.25) is 0 Å². The molecule has 2 rings (SSSR count). The van der Waals surface area contributed by atoms with Crippen LogP contribution >= 0.6 is 0 Å². The zero-order valence-corrected chi connectivity index (χ0v) is 12.4. The summed E-state index contributed by atoms with van der Waals surface area (Å²) in [5, 5.41) is 2.78. The number of hydrogen-bond acceptors (Lipinski definition) is 5. The van der Waals surface area contributed by atoms with E-state index in [1.807, 2.05) is 39.0 Å². The second kappa shape index (κ2) is 6.30. The van der Waals surface area contributed by atoms with Crippen molar-refractivity contribution in [2.45, 2.75) is 33.2 Å². The molecule has 6 nitrogen and oxygen atoms in total. The van der Waals surface area contributed by atoms with Crippen molar-refractivity contribution in [3.05, 3.63) is 47.3 Å². The fourth-order valence-corrected chi connectivity index (χ4v) is 1.82. The minimum absolute atomic E-state index is 0.135. The first kappa shape index (κ1) is 14.9. The summed E-state index contributed by atoms with van der Waals surface area (Å²) in [5.41, 5.74) is 7.96. The number of aryl methyl sites for hydroxylation is 1. The highest BCUT2D eigenvalue weighted by molar-refractivity contribution is 5.96. The van der Waals surface area contributed by atoms with Crippen molar-refractivity contribution in [1.82, 2.24) is 20.3 Å². The molecule has 0 aliphatic rings. The predicted octanol–water partition coefficient (Wildman–Crippen LogP) is 1.82. The molecule has 2 aromatic rings. The van der Waals surface area contributed by atoms with Crippen molar-refractivity contribution in [3.63, 3.8) is 0 Å². The van der Waals surface area contributed by atoms with Gasteiger partial charge in [0.25, 0.3) is 5.91 Å². The van der Waals surface area contributed by atoms with Crippen LogP contribution in [-0.4, -0.2) is 20.9 Å². The number of hydrogen-bond donors (Lipinski definition) is 2. The van der Waals surface area contributed by atoms with Gasteiger partial charge in [0.15, 0.2) is 5.69 Å². The van der Waals surface area contributed by atoms with E-state index in [2.05, 4.69) is 20.3 Å². The van der Waals surface area contributed by atoms with Gasteiger partial charge in [-0.25, -0.2) is 9.97 Å². The molecule has 0 unspecified atom stereocenters. The molecule has 0 saturated carbocycles. The molecule has 2 heterocycles. The van der Waals surface area contributed by atoms with E-state index in [0.29, 0.717) is 12.4 Å². The Hall–Kier alpha value is -2.50. The van der Waals surface area contributed by atoms with Crippen molar-refractivity contribution in [2.24, 2.45) is 0 Å². The Bertz CT molecular complexity index is 654. The molecule has 110 valence electrons. The molecule has 0 aliphatic carbocycles. The summed E-state index contributed by atoms with van der Waals surface area (Å²) in [6, 6.07) is 5.67. The molecule has 0 radical (unpaired) electrons. The minimum atomic E-state index is -0.319. The highest BCUT2D eigenvalue weighted by atomic mass is 16.1. The quantitative estimate of drug-likeness (QED) is 0.893. The largest absolute Gasteiger partial charge is 0.396 e. The lowest BCUT2D eigenvalue weighted by molar-refractivity contribution is 0.0946. The number of nitrogens with one attached hydrogen (secondary N) is 1. The molecule has 0 atom stereocenters. The Morgan fingerprint density at radius 2 is 2.10 bits per heavy atom. The second-order valence-corrected chi connectivity index (χ2v) is 5.14. The molecule has 3 N–H and O–H groups in total. The SMILES string of the molecule is Cc1cccc(CNC(=O)c2nc(C(C)C)ncc2N)n1. The van der Waals surface area contributed by atoms with Crippen LogP contribution in [0.1, 0.15) is 47.5 Å². The molecule has 1 amide bonds. The Morgan fingerprint density at radius 1 is 1.33 bits per heavy atom. The molecule has 0 fully saturated rings. The third-order valence-electron chi connectivity index (χ3n) is 2.94. The monoisotopic (exact) mass is 285 g/mol. The fourth-order valence-electron chi connectivity index (χ4n) is 1.82. The Labute approximate surface area is 123 Å². The van der Waals surface area contributed by atoms with E-state index in [0.717, 1.165) is 11.4 Å². The molecule has 0 spiro atoms. The molecule has 21 heavy (non-hydrogen) atoms. The topological polar surface area (TPSA) is 93.8 Å². The second-order valence-electron chi connectivity index (χ2n) is 5.14. The van der Waals surface area contributed by atoms with Crippen molar-refractivity contribution in [2.75, 3.05) is 5.73 Å².